The van der Waals surface area contributed by atoms with Gasteiger partial charge in [0.25, 0.3) is 0 Å². The highest BCUT2D eigenvalue weighted by molar-refractivity contribution is 7.10. The quantitative estimate of drug-likeness (QED) is 0.858. The molecule has 0 aliphatic carbocycles. The molecular formula is C11H16FNOS. The SMILES string of the molecule is CC(F)(CC1COCCN1)c1cccs1. The Morgan fingerprint density at radius 2 is 2.60 bits per heavy atom. The molecule has 1 fully saturated rings. The lowest BCUT2D eigenvalue weighted by atomic mass is 9.97. The first-order chi connectivity index (χ1) is 7.18. The Balaban J connectivity index is 1.97. The van der Waals surface area contributed by atoms with E-state index in [2.05, 4.69) is 5.32 Å². The molecule has 0 aromatic carbocycles. The van der Waals surface area contributed by atoms with E-state index >= 15 is 0 Å². The number of nitrogens with one attached hydrogen (secondary N) is 1. The van der Waals surface area contributed by atoms with Gasteiger partial charge in [0.2, 0.25) is 0 Å². The van der Waals surface area contributed by atoms with Gasteiger partial charge in [0.05, 0.1) is 13.2 Å². The number of halogens is 1. The number of hydrogen-bond acceptors (Lipinski definition) is 3. The predicted molar refractivity (Wildman–Crippen MR) is 60.0 cm³/mol. The minimum absolute atomic E-state index is 0.135. The summed E-state index contributed by atoms with van der Waals surface area (Å²) in [6.07, 6.45) is 0.480. The maximum atomic E-state index is 14.4. The van der Waals surface area contributed by atoms with Crippen molar-refractivity contribution in [3.63, 3.8) is 0 Å². The van der Waals surface area contributed by atoms with E-state index in [1.165, 1.54) is 11.3 Å². The van der Waals surface area contributed by atoms with Gasteiger partial charge in [0.1, 0.15) is 5.67 Å². The van der Waals surface area contributed by atoms with E-state index in [1.54, 1.807) is 6.92 Å². The van der Waals surface area contributed by atoms with E-state index in [0.717, 1.165) is 18.0 Å². The summed E-state index contributed by atoms with van der Waals surface area (Å²) in [5, 5.41) is 5.19. The van der Waals surface area contributed by atoms with E-state index in [9.17, 15) is 4.39 Å². The Morgan fingerprint density at radius 3 is 3.20 bits per heavy atom. The van der Waals surface area contributed by atoms with Crippen LogP contribution in [-0.4, -0.2) is 25.8 Å². The molecule has 2 atom stereocenters. The van der Waals surface area contributed by atoms with Crippen LogP contribution < -0.4 is 5.32 Å². The monoisotopic (exact) mass is 229 g/mol. The van der Waals surface area contributed by atoms with Crippen LogP contribution in [0.1, 0.15) is 18.2 Å². The van der Waals surface area contributed by atoms with Crippen LogP contribution in [0.3, 0.4) is 0 Å². The molecule has 1 N–H and O–H groups in total. The summed E-state index contributed by atoms with van der Waals surface area (Å²) in [5.41, 5.74) is -1.24. The van der Waals surface area contributed by atoms with Crippen LogP contribution >= 0.6 is 11.3 Å². The number of thiophene rings is 1. The third kappa shape index (κ3) is 2.77. The number of alkyl halides is 1. The maximum absolute atomic E-state index is 14.4. The van der Waals surface area contributed by atoms with Gasteiger partial charge < -0.3 is 10.1 Å². The van der Waals surface area contributed by atoms with Gasteiger partial charge in [0, 0.05) is 23.9 Å². The molecule has 1 aliphatic rings. The summed E-state index contributed by atoms with van der Waals surface area (Å²) < 4.78 is 19.7. The molecule has 2 heterocycles. The van der Waals surface area contributed by atoms with Gasteiger partial charge in [-0.3, -0.25) is 0 Å². The van der Waals surface area contributed by atoms with Gasteiger partial charge in [0.15, 0.2) is 0 Å². The van der Waals surface area contributed by atoms with Crippen molar-refractivity contribution in [2.75, 3.05) is 19.8 Å². The Labute approximate surface area is 93.4 Å². The van der Waals surface area contributed by atoms with Crippen LogP contribution in [0.5, 0.6) is 0 Å². The first kappa shape index (κ1) is 11.0. The average Bonchev–Trinajstić information content (AvgIpc) is 2.71. The van der Waals surface area contributed by atoms with Crippen LogP contribution in [0.15, 0.2) is 17.5 Å². The molecule has 2 rings (SSSR count). The zero-order chi connectivity index (χ0) is 10.7. The molecule has 0 spiro atoms. The first-order valence-electron chi connectivity index (χ1n) is 5.22. The van der Waals surface area contributed by atoms with Crippen molar-refractivity contribution in [2.24, 2.45) is 0 Å². The minimum atomic E-state index is -1.24. The second-order valence-corrected chi connectivity index (χ2v) is 5.05. The minimum Gasteiger partial charge on any atom is -0.379 e. The number of hydrogen-bond donors (Lipinski definition) is 1. The van der Waals surface area contributed by atoms with Crippen LogP contribution in [0.2, 0.25) is 0 Å². The maximum Gasteiger partial charge on any atom is 0.143 e. The molecule has 84 valence electrons. The number of morpholine rings is 1. The fourth-order valence-electron chi connectivity index (χ4n) is 1.89. The van der Waals surface area contributed by atoms with Crippen LogP contribution in [-0.2, 0) is 10.4 Å². The van der Waals surface area contributed by atoms with Gasteiger partial charge in [-0.2, -0.15) is 0 Å². The lowest BCUT2D eigenvalue weighted by molar-refractivity contribution is 0.0484. The summed E-state index contributed by atoms with van der Waals surface area (Å²) in [5.74, 6) is 0. The van der Waals surface area contributed by atoms with Gasteiger partial charge in [-0.25, -0.2) is 4.39 Å². The van der Waals surface area contributed by atoms with Crippen molar-refractivity contribution in [2.45, 2.75) is 25.1 Å². The highest BCUT2D eigenvalue weighted by Gasteiger charge is 2.31. The second kappa shape index (κ2) is 4.60. The zero-order valence-electron chi connectivity index (χ0n) is 8.83. The molecule has 0 saturated carbocycles. The molecule has 1 saturated heterocycles. The molecule has 2 nitrogen and oxygen atoms in total. The normalized spacial score (nSPS) is 26.1. The van der Waals surface area contributed by atoms with Crippen LogP contribution in [0, 0.1) is 0 Å². The molecule has 0 bridgehead atoms. The zero-order valence-corrected chi connectivity index (χ0v) is 9.65. The third-order valence-electron chi connectivity index (χ3n) is 2.66. The summed E-state index contributed by atoms with van der Waals surface area (Å²) in [7, 11) is 0. The second-order valence-electron chi connectivity index (χ2n) is 4.10. The summed E-state index contributed by atoms with van der Waals surface area (Å²) in [6.45, 7) is 3.82. The average molecular weight is 229 g/mol. The Morgan fingerprint density at radius 1 is 1.73 bits per heavy atom. The van der Waals surface area contributed by atoms with Crippen LogP contribution in [0.25, 0.3) is 0 Å². The largest absolute Gasteiger partial charge is 0.379 e. The summed E-state index contributed by atoms with van der Waals surface area (Å²) in [4.78, 5) is 0.801. The highest BCUT2D eigenvalue weighted by atomic mass is 32.1. The number of ether oxygens (including phenoxy) is 1. The number of rotatable bonds is 3. The lowest BCUT2D eigenvalue weighted by Crippen LogP contribution is -2.44. The van der Waals surface area contributed by atoms with Gasteiger partial charge in [-0.05, 0) is 18.4 Å². The molecule has 1 aliphatic heterocycles. The van der Waals surface area contributed by atoms with Crippen molar-refractivity contribution < 1.29 is 9.13 Å². The molecule has 1 aromatic heterocycles. The fraction of sp³-hybridized carbons (Fsp3) is 0.636. The fourth-order valence-corrected chi connectivity index (χ4v) is 2.68. The third-order valence-corrected chi connectivity index (χ3v) is 3.77. The standard InChI is InChI=1S/C11H16FNOS/c1-11(12,10-3-2-6-15-10)7-9-8-14-5-4-13-9/h2-3,6,9,13H,4-5,7-8H2,1H3. The molecular weight excluding hydrogens is 213 g/mol. The lowest BCUT2D eigenvalue weighted by Gasteiger charge is -2.29. The predicted octanol–water partition coefficient (Wildman–Crippen LogP) is 2.31. The summed E-state index contributed by atoms with van der Waals surface area (Å²) in [6, 6.07) is 3.88. The topological polar surface area (TPSA) is 21.3 Å². The van der Waals surface area contributed by atoms with Crippen LogP contribution in [0.4, 0.5) is 4.39 Å². The van der Waals surface area contributed by atoms with E-state index in [-0.39, 0.29) is 6.04 Å². The molecule has 0 radical (unpaired) electrons. The summed E-state index contributed by atoms with van der Waals surface area (Å²) >= 11 is 1.47. The van der Waals surface area contributed by atoms with Crippen molar-refractivity contribution in [3.8, 4) is 0 Å². The smallest absolute Gasteiger partial charge is 0.143 e. The Bertz CT molecular complexity index is 294. The van der Waals surface area contributed by atoms with Crippen molar-refractivity contribution in [1.29, 1.82) is 0 Å². The Hall–Kier alpha value is -0.450. The van der Waals surface area contributed by atoms with Gasteiger partial charge in [-0.1, -0.05) is 6.07 Å². The van der Waals surface area contributed by atoms with Gasteiger partial charge in [-0.15, -0.1) is 11.3 Å². The van der Waals surface area contributed by atoms with E-state index in [0.29, 0.717) is 13.0 Å². The van der Waals surface area contributed by atoms with Gasteiger partial charge >= 0.3 is 0 Å². The van der Waals surface area contributed by atoms with E-state index in [1.807, 2.05) is 17.5 Å². The van der Waals surface area contributed by atoms with E-state index < -0.39 is 5.67 Å². The Kier molecular flexibility index (Phi) is 3.38. The van der Waals surface area contributed by atoms with E-state index in [4.69, 9.17) is 4.74 Å². The van der Waals surface area contributed by atoms with Crippen molar-refractivity contribution in [1.82, 2.24) is 5.32 Å². The van der Waals surface area contributed by atoms with Crippen molar-refractivity contribution in [3.05, 3.63) is 22.4 Å². The first-order valence-corrected chi connectivity index (χ1v) is 6.10. The highest BCUT2D eigenvalue weighted by Crippen LogP contribution is 2.34. The van der Waals surface area contributed by atoms with Crippen molar-refractivity contribution >= 4 is 11.3 Å². The molecule has 4 heteroatoms. The molecule has 0 amide bonds. The molecule has 2 unspecified atom stereocenters. The molecule has 1 aromatic rings. The molecule has 15 heavy (non-hydrogen) atoms.